The van der Waals surface area contributed by atoms with Gasteiger partial charge in [-0.25, -0.2) is 0 Å². The van der Waals surface area contributed by atoms with E-state index in [1.165, 1.54) is 12.5 Å². The summed E-state index contributed by atoms with van der Waals surface area (Å²) in [5, 5.41) is 10.5. The summed E-state index contributed by atoms with van der Waals surface area (Å²) in [4.78, 5) is 10.1. The fourth-order valence-electron chi connectivity index (χ4n) is 1.66. The quantitative estimate of drug-likeness (QED) is 0.515. The number of nitro benzene ring substituents is 1. The molecule has 2 rings (SSSR count). The van der Waals surface area contributed by atoms with Gasteiger partial charge in [-0.2, -0.15) is 0 Å². The van der Waals surface area contributed by atoms with Crippen LogP contribution < -0.4 is 0 Å². The van der Waals surface area contributed by atoms with Crippen molar-refractivity contribution >= 4 is 5.69 Å². The highest BCUT2D eigenvalue weighted by molar-refractivity contribution is 5.38. The lowest BCUT2D eigenvalue weighted by Gasteiger charge is -1.97. The van der Waals surface area contributed by atoms with Crippen LogP contribution in [0.1, 0.15) is 24.8 Å². The molecule has 3 heteroatoms. The smallest absolute Gasteiger partial charge is 0.258 e. The average molecular weight is 177 g/mol. The van der Waals surface area contributed by atoms with E-state index in [9.17, 15) is 10.1 Å². The molecule has 0 aliphatic heterocycles. The fourth-order valence-corrected chi connectivity index (χ4v) is 1.66. The zero-order chi connectivity index (χ0) is 9.42. The molecule has 0 saturated heterocycles. The van der Waals surface area contributed by atoms with Crippen LogP contribution in [-0.2, 0) is 0 Å². The van der Waals surface area contributed by atoms with E-state index in [0.29, 0.717) is 11.8 Å². The van der Waals surface area contributed by atoms with Crippen molar-refractivity contribution in [1.29, 1.82) is 0 Å². The monoisotopic (exact) mass is 177 g/mol. The molecule has 2 unspecified atom stereocenters. The molecule has 0 spiro atoms. The second-order valence-electron chi connectivity index (χ2n) is 3.67. The molecule has 0 heterocycles. The molecule has 1 aromatic carbocycles. The molecular weight excluding hydrogens is 166 g/mol. The van der Waals surface area contributed by atoms with Crippen LogP contribution in [0, 0.1) is 16.0 Å². The lowest BCUT2D eigenvalue weighted by molar-refractivity contribution is -0.384. The van der Waals surface area contributed by atoms with E-state index < -0.39 is 0 Å². The Labute approximate surface area is 76.5 Å². The Morgan fingerprint density at radius 3 is 2.77 bits per heavy atom. The van der Waals surface area contributed by atoms with Crippen molar-refractivity contribution in [2.24, 2.45) is 5.92 Å². The number of hydrogen-bond donors (Lipinski definition) is 0. The summed E-state index contributed by atoms with van der Waals surface area (Å²) in [6, 6.07) is 6.96. The largest absolute Gasteiger partial charge is 0.269 e. The van der Waals surface area contributed by atoms with Gasteiger partial charge in [-0.3, -0.25) is 10.1 Å². The van der Waals surface area contributed by atoms with E-state index in [4.69, 9.17) is 0 Å². The van der Waals surface area contributed by atoms with E-state index in [0.717, 1.165) is 5.56 Å². The first kappa shape index (κ1) is 8.23. The molecule has 0 radical (unpaired) electrons. The molecule has 1 aliphatic rings. The van der Waals surface area contributed by atoms with Gasteiger partial charge in [-0.05, 0) is 23.8 Å². The summed E-state index contributed by atoms with van der Waals surface area (Å²) >= 11 is 0. The molecule has 0 bridgehead atoms. The Bertz CT molecular complexity index is 349. The second kappa shape index (κ2) is 2.83. The minimum absolute atomic E-state index is 0.205. The van der Waals surface area contributed by atoms with Crippen LogP contribution >= 0.6 is 0 Å². The zero-order valence-corrected chi connectivity index (χ0v) is 7.43. The van der Waals surface area contributed by atoms with E-state index in [1.54, 1.807) is 12.1 Å². The SMILES string of the molecule is CC1CC1c1cccc([N+](=O)[O-])c1. The topological polar surface area (TPSA) is 43.1 Å². The van der Waals surface area contributed by atoms with E-state index >= 15 is 0 Å². The van der Waals surface area contributed by atoms with Crippen molar-refractivity contribution in [3.8, 4) is 0 Å². The highest BCUT2D eigenvalue weighted by Gasteiger charge is 2.34. The van der Waals surface area contributed by atoms with Gasteiger partial charge in [0.2, 0.25) is 0 Å². The van der Waals surface area contributed by atoms with Crippen LogP contribution in [0.2, 0.25) is 0 Å². The summed E-state index contributed by atoms with van der Waals surface area (Å²) in [7, 11) is 0. The Balaban J connectivity index is 2.28. The minimum atomic E-state index is -0.337. The zero-order valence-electron chi connectivity index (χ0n) is 7.43. The number of hydrogen-bond acceptors (Lipinski definition) is 2. The third kappa shape index (κ3) is 1.54. The van der Waals surface area contributed by atoms with Crippen molar-refractivity contribution in [2.75, 3.05) is 0 Å². The molecule has 1 aromatic rings. The van der Waals surface area contributed by atoms with Gasteiger partial charge in [0.05, 0.1) is 4.92 Å². The molecule has 2 atom stereocenters. The Morgan fingerprint density at radius 2 is 2.23 bits per heavy atom. The Morgan fingerprint density at radius 1 is 1.54 bits per heavy atom. The van der Waals surface area contributed by atoms with Gasteiger partial charge in [-0.1, -0.05) is 19.1 Å². The molecule has 0 aromatic heterocycles. The van der Waals surface area contributed by atoms with Gasteiger partial charge in [0.15, 0.2) is 0 Å². The molecule has 3 nitrogen and oxygen atoms in total. The number of non-ortho nitro benzene ring substituents is 1. The lowest BCUT2D eigenvalue weighted by Crippen LogP contribution is -1.89. The number of benzene rings is 1. The predicted molar refractivity (Wildman–Crippen MR) is 49.6 cm³/mol. The van der Waals surface area contributed by atoms with Gasteiger partial charge < -0.3 is 0 Å². The third-order valence-corrected chi connectivity index (χ3v) is 2.62. The summed E-state index contributed by atoms with van der Waals surface area (Å²) in [6.07, 6.45) is 1.17. The van der Waals surface area contributed by atoms with Crippen molar-refractivity contribution in [2.45, 2.75) is 19.3 Å². The average Bonchev–Trinajstić information content (AvgIpc) is 2.83. The van der Waals surface area contributed by atoms with Gasteiger partial charge in [0.1, 0.15) is 0 Å². The normalized spacial score (nSPS) is 25.6. The Hall–Kier alpha value is -1.38. The van der Waals surface area contributed by atoms with E-state index in [1.807, 2.05) is 6.07 Å². The summed E-state index contributed by atoms with van der Waals surface area (Å²) < 4.78 is 0. The molecule has 1 aliphatic carbocycles. The number of nitro groups is 1. The molecular formula is C10H11NO2. The molecule has 0 amide bonds. The van der Waals surface area contributed by atoms with Crippen molar-refractivity contribution < 1.29 is 4.92 Å². The molecule has 68 valence electrons. The van der Waals surface area contributed by atoms with Crippen LogP contribution in [0.4, 0.5) is 5.69 Å². The predicted octanol–water partition coefficient (Wildman–Crippen LogP) is 2.72. The van der Waals surface area contributed by atoms with Crippen LogP contribution in [0.3, 0.4) is 0 Å². The van der Waals surface area contributed by atoms with Crippen LogP contribution in [0.25, 0.3) is 0 Å². The lowest BCUT2D eigenvalue weighted by atomic mass is 10.1. The maximum Gasteiger partial charge on any atom is 0.269 e. The van der Waals surface area contributed by atoms with Crippen molar-refractivity contribution in [3.63, 3.8) is 0 Å². The summed E-state index contributed by atoms with van der Waals surface area (Å²) in [6.45, 7) is 2.17. The first-order chi connectivity index (χ1) is 6.18. The highest BCUT2D eigenvalue weighted by atomic mass is 16.6. The molecule has 1 saturated carbocycles. The van der Waals surface area contributed by atoms with Gasteiger partial charge in [-0.15, -0.1) is 0 Å². The van der Waals surface area contributed by atoms with Gasteiger partial charge in [0, 0.05) is 12.1 Å². The Kier molecular flexibility index (Phi) is 1.79. The summed E-state index contributed by atoms with van der Waals surface area (Å²) in [5.41, 5.74) is 1.32. The minimum Gasteiger partial charge on any atom is -0.258 e. The fraction of sp³-hybridized carbons (Fsp3) is 0.400. The third-order valence-electron chi connectivity index (χ3n) is 2.62. The van der Waals surface area contributed by atoms with Gasteiger partial charge >= 0.3 is 0 Å². The van der Waals surface area contributed by atoms with E-state index in [-0.39, 0.29) is 10.6 Å². The maximum absolute atomic E-state index is 10.5. The summed E-state index contributed by atoms with van der Waals surface area (Å²) in [5.74, 6) is 1.25. The van der Waals surface area contributed by atoms with Crippen LogP contribution in [0.15, 0.2) is 24.3 Å². The second-order valence-corrected chi connectivity index (χ2v) is 3.67. The maximum atomic E-state index is 10.5. The van der Waals surface area contributed by atoms with Crippen LogP contribution in [0.5, 0.6) is 0 Å². The molecule has 0 N–H and O–H groups in total. The standard InChI is InChI=1S/C10H11NO2/c1-7-5-10(7)8-3-2-4-9(6-8)11(12)13/h2-4,6-7,10H,5H2,1H3. The number of nitrogens with zero attached hydrogens (tertiary/aromatic N) is 1. The number of rotatable bonds is 2. The van der Waals surface area contributed by atoms with Gasteiger partial charge in [0.25, 0.3) is 5.69 Å². The van der Waals surface area contributed by atoms with Crippen molar-refractivity contribution in [1.82, 2.24) is 0 Å². The first-order valence-electron chi connectivity index (χ1n) is 4.43. The van der Waals surface area contributed by atoms with E-state index in [2.05, 4.69) is 6.92 Å². The van der Waals surface area contributed by atoms with Crippen molar-refractivity contribution in [3.05, 3.63) is 39.9 Å². The molecule has 1 fully saturated rings. The van der Waals surface area contributed by atoms with Crippen LogP contribution in [-0.4, -0.2) is 4.92 Å². The first-order valence-corrected chi connectivity index (χ1v) is 4.43. The highest BCUT2D eigenvalue weighted by Crippen LogP contribution is 2.47. The molecule has 13 heavy (non-hydrogen) atoms.